The Morgan fingerprint density at radius 2 is 1.46 bits per heavy atom. The number of fused-ring (bicyclic) bond motifs is 1. The number of piperazine rings is 1. The van der Waals surface area contributed by atoms with Crippen LogP contribution in [-0.4, -0.2) is 68.2 Å². The SMILES string of the molecule is COc1cc(C(=O)c2cn(CCCC(=O)[O-])c3ccccc23)ccc1OC(CCCCN1CCN(c2ccccc2OC)CC1)c1ccccc1.[K+]. The minimum Gasteiger partial charge on any atom is -0.550 e. The minimum atomic E-state index is -1.08. The number of carbonyl (C=O) groups is 2. The molecule has 0 saturated carbocycles. The fourth-order valence-electron chi connectivity index (χ4n) is 6.95. The van der Waals surface area contributed by atoms with Crippen LogP contribution in [0, 0.1) is 0 Å². The molecule has 1 aliphatic rings. The number of aryl methyl sites for hydroxylation is 1. The zero-order valence-electron chi connectivity index (χ0n) is 30.5. The molecule has 4 aromatic carbocycles. The van der Waals surface area contributed by atoms with E-state index in [1.54, 1.807) is 26.4 Å². The van der Waals surface area contributed by atoms with Gasteiger partial charge < -0.3 is 33.6 Å². The Hall–Kier alpha value is -3.64. The van der Waals surface area contributed by atoms with Gasteiger partial charge in [-0.2, -0.15) is 0 Å². The Bertz CT molecular complexity index is 1920. The molecule has 1 atom stereocenters. The van der Waals surface area contributed by atoms with Crippen molar-refractivity contribution in [3.63, 3.8) is 0 Å². The first-order valence-electron chi connectivity index (χ1n) is 17.8. The molecule has 10 heteroatoms. The standard InChI is InChI=1S/C42H47N3O6.K/c1-49-38-19-9-8-17-36(38)44-27-25-43(26-28-44)23-11-10-18-37(31-13-4-3-5-14-31)51-39-22-21-32(29-40(39)50-2)42(48)34-30-45(24-12-20-41(46)47)35-16-7-6-15-33(34)35;/h3-9,13-17,19,21-22,29-30,37H,10-12,18,20,23-28H2,1-2H3,(H,46,47);/q;+1/p-1. The number of carboxylic acid groups (broad SMARTS) is 1. The van der Waals surface area contributed by atoms with E-state index in [0.29, 0.717) is 35.6 Å². The van der Waals surface area contributed by atoms with Crippen molar-refractivity contribution in [2.75, 3.05) is 51.8 Å². The summed E-state index contributed by atoms with van der Waals surface area (Å²) < 4.78 is 19.9. The molecule has 5 aromatic rings. The fourth-order valence-corrected chi connectivity index (χ4v) is 6.95. The van der Waals surface area contributed by atoms with Gasteiger partial charge in [0, 0.05) is 66.9 Å². The topological polar surface area (TPSA) is 96.3 Å². The smallest absolute Gasteiger partial charge is 0.550 e. The van der Waals surface area contributed by atoms with Gasteiger partial charge >= 0.3 is 51.4 Å². The fraction of sp³-hybridized carbons (Fsp3) is 0.333. The number of ketones is 1. The van der Waals surface area contributed by atoms with Crippen molar-refractivity contribution in [2.24, 2.45) is 0 Å². The molecule has 1 saturated heterocycles. The molecule has 266 valence electrons. The van der Waals surface area contributed by atoms with Crippen molar-refractivity contribution >= 4 is 28.3 Å². The molecular formula is C42H46KN3O6. The van der Waals surface area contributed by atoms with E-state index in [0.717, 1.165) is 79.9 Å². The van der Waals surface area contributed by atoms with Gasteiger partial charge in [-0.15, -0.1) is 0 Å². The van der Waals surface area contributed by atoms with Crippen molar-refractivity contribution in [1.29, 1.82) is 0 Å². The van der Waals surface area contributed by atoms with Crippen LogP contribution in [-0.2, 0) is 11.3 Å². The number of carboxylic acids is 1. The largest absolute Gasteiger partial charge is 1.00 e. The molecule has 0 radical (unpaired) electrons. The third-order valence-electron chi connectivity index (χ3n) is 9.67. The summed E-state index contributed by atoms with van der Waals surface area (Å²) in [6.45, 7) is 5.49. The molecule has 1 fully saturated rings. The van der Waals surface area contributed by atoms with Crippen LogP contribution in [0.2, 0.25) is 0 Å². The molecule has 9 nitrogen and oxygen atoms in total. The molecule has 1 aromatic heterocycles. The third kappa shape index (κ3) is 9.86. The van der Waals surface area contributed by atoms with E-state index < -0.39 is 5.97 Å². The van der Waals surface area contributed by atoms with Crippen LogP contribution < -0.4 is 75.6 Å². The number of benzene rings is 4. The molecule has 6 rings (SSSR count). The van der Waals surface area contributed by atoms with E-state index in [-0.39, 0.29) is 69.7 Å². The summed E-state index contributed by atoms with van der Waals surface area (Å²) >= 11 is 0. The number of nitrogens with zero attached hydrogens (tertiary/aromatic N) is 3. The Labute approximate surface area is 348 Å². The van der Waals surface area contributed by atoms with Crippen LogP contribution in [0.15, 0.2) is 103 Å². The van der Waals surface area contributed by atoms with E-state index in [1.165, 1.54) is 0 Å². The average molecular weight is 728 g/mol. The molecular weight excluding hydrogens is 682 g/mol. The Balaban J connectivity index is 0.00000523. The second-order valence-electron chi connectivity index (χ2n) is 12.9. The number of para-hydroxylation sites is 3. The molecule has 0 bridgehead atoms. The number of ether oxygens (including phenoxy) is 3. The number of methoxy groups -OCH3 is 2. The summed E-state index contributed by atoms with van der Waals surface area (Å²) in [5.41, 5.74) is 4.17. The van der Waals surface area contributed by atoms with E-state index in [1.807, 2.05) is 71.4 Å². The molecule has 52 heavy (non-hydrogen) atoms. The van der Waals surface area contributed by atoms with Gasteiger partial charge in [-0.1, -0.05) is 60.7 Å². The second kappa shape index (κ2) is 19.4. The van der Waals surface area contributed by atoms with Gasteiger partial charge in [-0.05, 0) is 80.6 Å². The number of aliphatic carboxylic acids is 1. The van der Waals surface area contributed by atoms with Crippen LogP contribution in [0.3, 0.4) is 0 Å². The zero-order chi connectivity index (χ0) is 35.6. The number of hydrogen-bond acceptors (Lipinski definition) is 8. The zero-order valence-corrected chi connectivity index (χ0v) is 33.6. The number of carbonyl (C=O) groups excluding carboxylic acids is 2. The van der Waals surface area contributed by atoms with Crippen LogP contribution in [0.1, 0.15) is 59.7 Å². The minimum absolute atomic E-state index is 0. The first-order valence-corrected chi connectivity index (χ1v) is 17.8. The summed E-state index contributed by atoms with van der Waals surface area (Å²) in [7, 11) is 3.31. The summed E-state index contributed by atoms with van der Waals surface area (Å²) in [5.74, 6) is 0.775. The van der Waals surface area contributed by atoms with Crippen LogP contribution in [0.4, 0.5) is 5.69 Å². The van der Waals surface area contributed by atoms with Gasteiger partial charge in [0.15, 0.2) is 17.3 Å². The first kappa shape index (κ1) is 39.6. The van der Waals surface area contributed by atoms with Gasteiger partial charge in [-0.25, -0.2) is 0 Å². The van der Waals surface area contributed by atoms with Gasteiger partial charge in [0.1, 0.15) is 11.9 Å². The Morgan fingerprint density at radius 3 is 2.21 bits per heavy atom. The van der Waals surface area contributed by atoms with Crippen LogP contribution in [0.25, 0.3) is 10.9 Å². The summed E-state index contributed by atoms with van der Waals surface area (Å²) in [5, 5.41) is 11.8. The maximum atomic E-state index is 13.9. The quantitative estimate of drug-likeness (QED) is 0.0817. The first-order chi connectivity index (χ1) is 24.9. The number of aromatic nitrogens is 1. The number of rotatable bonds is 17. The maximum Gasteiger partial charge on any atom is 1.00 e. The van der Waals surface area contributed by atoms with Crippen LogP contribution in [0.5, 0.6) is 17.2 Å². The van der Waals surface area contributed by atoms with E-state index >= 15 is 0 Å². The molecule has 0 N–H and O–H groups in total. The molecule has 0 amide bonds. The summed E-state index contributed by atoms with van der Waals surface area (Å²) in [4.78, 5) is 29.8. The Kier molecular flexibility index (Phi) is 14.8. The molecule has 0 aliphatic carbocycles. The third-order valence-corrected chi connectivity index (χ3v) is 9.67. The molecule has 0 spiro atoms. The van der Waals surface area contributed by atoms with E-state index in [4.69, 9.17) is 14.2 Å². The van der Waals surface area contributed by atoms with Crippen molar-refractivity contribution < 1.29 is 80.3 Å². The number of unbranched alkanes of at least 4 members (excludes halogenated alkanes) is 1. The second-order valence-corrected chi connectivity index (χ2v) is 12.9. The summed E-state index contributed by atoms with van der Waals surface area (Å²) in [6.07, 6.45) is 4.91. The van der Waals surface area contributed by atoms with Gasteiger partial charge in [0.2, 0.25) is 0 Å². The van der Waals surface area contributed by atoms with Crippen molar-refractivity contribution in [3.8, 4) is 17.2 Å². The normalized spacial score (nSPS) is 13.7. The van der Waals surface area contributed by atoms with E-state index in [9.17, 15) is 14.7 Å². The monoisotopic (exact) mass is 727 g/mol. The van der Waals surface area contributed by atoms with Gasteiger partial charge in [0.05, 0.1) is 19.9 Å². The Morgan fingerprint density at radius 1 is 0.750 bits per heavy atom. The molecule has 1 aliphatic heterocycles. The predicted molar refractivity (Wildman–Crippen MR) is 198 cm³/mol. The van der Waals surface area contributed by atoms with E-state index in [2.05, 4.69) is 34.1 Å². The predicted octanol–water partition coefficient (Wildman–Crippen LogP) is 3.54. The number of anilines is 1. The van der Waals surface area contributed by atoms with Crippen LogP contribution >= 0.6 is 0 Å². The van der Waals surface area contributed by atoms with Crippen molar-refractivity contribution in [1.82, 2.24) is 9.47 Å². The average Bonchev–Trinajstić information content (AvgIpc) is 3.54. The molecule has 1 unspecified atom stereocenters. The van der Waals surface area contributed by atoms with Crippen molar-refractivity contribution in [2.45, 2.75) is 44.8 Å². The molecule has 2 heterocycles. The maximum absolute atomic E-state index is 13.9. The summed E-state index contributed by atoms with van der Waals surface area (Å²) in [6, 6.07) is 31.5. The number of hydrogen-bond donors (Lipinski definition) is 0. The van der Waals surface area contributed by atoms with Crippen molar-refractivity contribution in [3.05, 3.63) is 120 Å². The van der Waals surface area contributed by atoms with Gasteiger partial charge in [0.25, 0.3) is 0 Å². The van der Waals surface area contributed by atoms with Gasteiger partial charge in [-0.3, -0.25) is 9.69 Å².